The summed E-state index contributed by atoms with van der Waals surface area (Å²) in [5.41, 5.74) is 3.86. The van der Waals surface area contributed by atoms with Crippen molar-refractivity contribution in [3.8, 4) is 0 Å². The highest BCUT2D eigenvalue weighted by atomic mass is 35.5. The van der Waals surface area contributed by atoms with Crippen LogP contribution in [0.2, 0.25) is 10.0 Å². The zero-order valence-electron chi connectivity index (χ0n) is 11.3. The van der Waals surface area contributed by atoms with Crippen LogP contribution in [0.4, 0.5) is 0 Å². The molecule has 0 aliphatic carbocycles. The molecule has 0 saturated carbocycles. The van der Waals surface area contributed by atoms with Crippen LogP contribution in [0, 0.1) is 6.92 Å². The molecule has 0 radical (unpaired) electrons. The second-order valence-corrected chi connectivity index (χ2v) is 5.48. The minimum absolute atomic E-state index is 0.00773. The van der Waals surface area contributed by atoms with Gasteiger partial charge in [-0.3, -0.25) is 4.79 Å². The van der Waals surface area contributed by atoms with Crippen LogP contribution in [0.1, 0.15) is 23.6 Å². The molecule has 0 saturated heterocycles. The number of benzene rings is 2. The summed E-state index contributed by atoms with van der Waals surface area (Å²) in [5, 5.41) is 0.979. The van der Waals surface area contributed by atoms with E-state index in [1.54, 1.807) is 18.2 Å². The number of aryl methyl sites for hydroxylation is 1. The molecule has 20 heavy (non-hydrogen) atoms. The van der Waals surface area contributed by atoms with Crippen LogP contribution < -0.4 is 0 Å². The number of hydrogen-bond donors (Lipinski definition) is 0. The van der Waals surface area contributed by atoms with Crippen LogP contribution in [0.3, 0.4) is 0 Å². The second-order valence-electron chi connectivity index (χ2n) is 4.66. The van der Waals surface area contributed by atoms with Gasteiger partial charge >= 0.3 is 0 Å². The van der Waals surface area contributed by atoms with E-state index in [9.17, 15) is 4.79 Å². The van der Waals surface area contributed by atoms with E-state index in [1.165, 1.54) is 12.5 Å². The van der Waals surface area contributed by atoms with E-state index >= 15 is 0 Å². The molecule has 102 valence electrons. The fourth-order valence-corrected chi connectivity index (χ4v) is 2.23. The van der Waals surface area contributed by atoms with Gasteiger partial charge in [-0.2, -0.15) is 0 Å². The summed E-state index contributed by atoms with van der Waals surface area (Å²) < 4.78 is 0. The molecule has 0 aromatic heterocycles. The molecule has 0 spiro atoms. The molecule has 0 N–H and O–H groups in total. The summed E-state index contributed by atoms with van der Waals surface area (Å²) in [5.74, 6) is -0.00773. The highest BCUT2D eigenvalue weighted by Gasteiger charge is 2.08. The van der Waals surface area contributed by atoms with Gasteiger partial charge in [-0.15, -0.1) is 0 Å². The lowest BCUT2D eigenvalue weighted by atomic mass is 9.96. The molecule has 0 fully saturated rings. The zero-order valence-corrected chi connectivity index (χ0v) is 12.8. The largest absolute Gasteiger partial charge is 0.295 e. The van der Waals surface area contributed by atoms with Gasteiger partial charge in [-0.1, -0.05) is 59.1 Å². The smallest absolute Gasteiger partial charge is 0.153 e. The van der Waals surface area contributed by atoms with Gasteiger partial charge in [0.15, 0.2) is 5.78 Å². The van der Waals surface area contributed by atoms with Gasteiger partial charge in [-0.25, -0.2) is 0 Å². The van der Waals surface area contributed by atoms with Crippen molar-refractivity contribution in [1.29, 1.82) is 0 Å². The molecule has 2 aromatic rings. The lowest BCUT2D eigenvalue weighted by Gasteiger charge is -2.09. The summed E-state index contributed by atoms with van der Waals surface area (Å²) in [6.07, 6.45) is 1.62. The molecule has 2 rings (SSSR count). The Morgan fingerprint density at radius 1 is 0.950 bits per heavy atom. The monoisotopic (exact) mass is 304 g/mol. The van der Waals surface area contributed by atoms with Crippen LogP contribution in [-0.4, -0.2) is 5.78 Å². The molecular weight excluding hydrogens is 291 g/mol. The number of ketones is 1. The Labute approximate surface area is 128 Å². The van der Waals surface area contributed by atoms with Crippen LogP contribution >= 0.6 is 23.2 Å². The summed E-state index contributed by atoms with van der Waals surface area (Å²) >= 11 is 12.0. The van der Waals surface area contributed by atoms with Gasteiger partial charge in [0.2, 0.25) is 0 Å². The number of rotatable bonds is 3. The van der Waals surface area contributed by atoms with E-state index in [0.717, 1.165) is 16.7 Å². The van der Waals surface area contributed by atoms with Crippen LogP contribution in [0.5, 0.6) is 0 Å². The average molecular weight is 305 g/mol. The molecule has 3 heteroatoms. The summed E-state index contributed by atoms with van der Waals surface area (Å²) in [6, 6.07) is 13.4. The molecule has 1 nitrogen and oxygen atoms in total. The zero-order chi connectivity index (χ0) is 14.7. The fourth-order valence-electron chi connectivity index (χ4n) is 1.93. The third-order valence-corrected chi connectivity index (χ3v) is 3.68. The first-order valence-electron chi connectivity index (χ1n) is 6.22. The summed E-state index contributed by atoms with van der Waals surface area (Å²) in [6.45, 7) is 3.56. The molecule has 0 aliphatic rings. The Hall–Kier alpha value is -1.57. The molecule has 2 aromatic carbocycles. The lowest BCUT2D eigenvalue weighted by molar-refractivity contribution is -0.112. The number of allylic oxidation sites excluding steroid dienone is 1. The van der Waals surface area contributed by atoms with Crippen molar-refractivity contribution in [3.63, 3.8) is 0 Å². The van der Waals surface area contributed by atoms with Gasteiger partial charge < -0.3 is 0 Å². The van der Waals surface area contributed by atoms with E-state index in [-0.39, 0.29) is 5.78 Å². The minimum Gasteiger partial charge on any atom is -0.295 e. The van der Waals surface area contributed by atoms with E-state index in [1.807, 2.05) is 37.3 Å². The van der Waals surface area contributed by atoms with Crippen molar-refractivity contribution < 1.29 is 4.79 Å². The van der Waals surface area contributed by atoms with Crippen molar-refractivity contribution in [3.05, 3.63) is 75.3 Å². The van der Waals surface area contributed by atoms with E-state index < -0.39 is 0 Å². The SMILES string of the molecule is CC(=O)/C=C(\c1ccc(C)cc1)c1ccc(Cl)c(Cl)c1. The Morgan fingerprint density at radius 3 is 2.10 bits per heavy atom. The number of hydrogen-bond acceptors (Lipinski definition) is 1. The third kappa shape index (κ3) is 3.50. The van der Waals surface area contributed by atoms with E-state index in [4.69, 9.17) is 23.2 Å². The average Bonchev–Trinajstić information content (AvgIpc) is 2.40. The maximum Gasteiger partial charge on any atom is 0.153 e. The molecular formula is C17H14Cl2O. The van der Waals surface area contributed by atoms with Crippen LogP contribution in [0.25, 0.3) is 5.57 Å². The molecule has 0 amide bonds. The molecule has 0 bridgehead atoms. The summed E-state index contributed by atoms with van der Waals surface area (Å²) in [4.78, 5) is 11.5. The standard InChI is InChI=1S/C17H14Cl2O/c1-11-3-5-13(6-4-11)15(9-12(2)20)14-7-8-16(18)17(19)10-14/h3-10H,1-2H3/b15-9+. The number of carbonyl (C=O) groups excluding carboxylic acids is 1. The van der Waals surface area contributed by atoms with Crippen molar-refractivity contribution in [1.82, 2.24) is 0 Å². The molecule has 0 aliphatic heterocycles. The first-order valence-corrected chi connectivity index (χ1v) is 6.97. The van der Waals surface area contributed by atoms with Gasteiger partial charge in [0, 0.05) is 0 Å². The van der Waals surface area contributed by atoms with Gasteiger partial charge in [-0.05, 0) is 48.8 Å². The van der Waals surface area contributed by atoms with Crippen molar-refractivity contribution in [2.24, 2.45) is 0 Å². The van der Waals surface area contributed by atoms with Gasteiger partial charge in [0.05, 0.1) is 10.0 Å². The first-order chi connectivity index (χ1) is 9.47. The second kappa shape index (κ2) is 6.25. The predicted molar refractivity (Wildman–Crippen MR) is 85.4 cm³/mol. The van der Waals surface area contributed by atoms with Crippen molar-refractivity contribution in [2.75, 3.05) is 0 Å². The van der Waals surface area contributed by atoms with Crippen LogP contribution in [-0.2, 0) is 4.79 Å². The summed E-state index contributed by atoms with van der Waals surface area (Å²) in [7, 11) is 0. The molecule has 0 atom stereocenters. The highest BCUT2D eigenvalue weighted by molar-refractivity contribution is 6.42. The fraction of sp³-hybridized carbons (Fsp3) is 0.118. The number of halogens is 2. The van der Waals surface area contributed by atoms with E-state index in [2.05, 4.69) is 0 Å². The Balaban J connectivity index is 2.56. The van der Waals surface area contributed by atoms with Gasteiger partial charge in [0.1, 0.15) is 0 Å². The minimum atomic E-state index is -0.00773. The lowest BCUT2D eigenvalue weighted by Crippen LogP contribution is -1.93. The Bertz CT molecular complexity index is 670. The maximum atomic E-state index is 11.5. The Kier molecular flexibility index (Phi) is 4.64. The first kappa shape index (κ1) is 14.8. The highest BCUT2D eigenvalue weighted by Crippen LogP contribution is 2.29. The van der Waals surface area contributed by atoms with Crippen molar-refractivity contribution in [2.45, 2.75) is 13.8 Å². The van der Waals surface area contributed by atoms with Crippen LogP contribution in [0.15, 0.2) is 48.5 Å². The normalized spacial score (nSPS) is 11.5. The molecule has 0 heterocycles. The van der Waals surface area contributed by atoms with E-state index in [0.29, 0.717) is 10.0 Å². The Morgan fingerprint density at radius 2 is 1.55 bits per heavy atom. The topological polar surface area (TPSA) is 17.1 Å². The quantitative estimate of drug-likeness (QED) is 0.701. The predicted octanol–water partition coefficient (Wildman–Crippen LogP) is 5.32. The third-order valence-electron chi connectivity index (χ3n) is 2.94. The molecule has 0 unspecified atom stereocenters. The van der Waals surface area contributed by atoms with Gasteiger partial charge in [0.25, 0.3) is 0 Å². The van der Waals surface area contributed by atoms with Crippen molar-refractivity contribution >= 4 is 34.6 Å². The number of carbonyl (C=O) groups is 1. The maximum absolute atomic E-state index is 11.5.